The maximum absolute atomic E-state index is 10.8. The third kappa shape index (κ3) is 3.75. The summed E-state index contributed by atoms with van der Waals surface area (Å²) >= 11 is 9.94. The lowest BCUT2D eigenvalue weighted by atomic mass is 10.6. The Morgan fingerprint density at radius 1 is 1.42 bits per heavy atom. The molecule has 2 N–H and O–H groups in total. The van der Waals surface area contributed by atoms with E-state index in [1.807, 2.05) is 0 Å². The quantitative estimate of drug-likeness (QED) is 0.600. The minimum Gasteiger partial charge on any atom is -0.355 e. The molecule has 0 bridgehead atoms. The third-order valence-electron chi connectivity index (χ3n) is 0.900. The summed E-state index contributed by atoms with van der Waals surface area (Å²) in [5.74, 6) is -1.18. The number of hydrogen-bond donors (Lipinski definition) is 2. The largest absolute Gasteiger partial charge is 0.355 e. The van der Waals surface area contributed by atoms with Crippen LogP contribution in [-0.2, 0) is 4.79 Å². The highest BCUT2D eigenvalue weighted by Crippen LogP contribution is 2.15. The summed E-state index contributed by atoms with van der Waals surface area (Å²) in [7, 11) is 2.84. The molecule has 0 aliphatic carbocycles. The fraction of sp³-hybridized carbons (Fsp3) is 0.600. The Kier molecular flexibility index (Phi) is 3.76. The van der Waals surface area contributed by atoms with Gasteiger partial charge in [-0.3, -0.25) is 10.1 Å². The molecule has 0 aromatic carbocycles. The van der Waals surface area contributed by atoms with Crippen LogP contribution in [0.3, 0.4) is 0 Å². The van der Waals surface area contributed by atoms with E-state index in [4.69, 9.17) is 28.3 Å². The minimum absolute atomic E-state index is 0.709. The first-order valence-electron chi connectivity index (χ1n) is 2.88. The Bertz CT molecular complexity index is 199. The van der Waals surface area contributed by atoms with Crippen molar-refractivity contribution in [3.05, 3.63) is 0 Å². The molecule has 7 heteroatoms. The third-order valence-corrected chi connectivity index (χ3v) is 1.24. The van der Waals surface area contributed by atoms with Crippen LogP contribution in [0.1, 0.15) is 0 Å². The molecule has 0 aromatic heterocycles. The minimum atomic E-state index is -2.58. The highest BCUT2D eigenvalue weighted by Gasteiger charge is 2.31. The van der Waals surface area contributed by atoms with E-state index in [2.05, 4.69) is 0 Å². The molecular weight excluding hydrogens is 207 g/mol. The van der Waals surface area contributed by atoms with Crippen LogP contribution < -0.4 is 5.32 Å². The summed E-state index contributed by atoms with van der Waals surface area (Å²) in [6.07, 6.45) is 0. The van der Waals surface area contributed by atoms with E-state index >= 15 is 0 Å². The molecule has 0 aliphatic heterocycles. The number of halogens is 2. The number of carbonyl (C=O) groups is 2. The number of urea groups is 1. The summed E-state index contributed by atoms with van der Waals surface area (Å²) in [4.78, 5) is 22.6. The average molecular weight is 215 g/mol. The van der Waals surface area contributed by atoms with Crippen molar-refractivity contribution in [2.75, 3.05) is 14.1 Å². The van der Waals surface area contributed by atoms with Crippen molar-refractivity contribution in [2.45, 2.75) is 4.52 Å². The molecule has 0 spiro atoms. The average Bonchev–Trinajstić information content (AvgIpc) is 1.85. The summed E-state index contributed by atoms with van der Waals surface area (Å²) in [5, 5.41) is 10.4. The molecule has 12 heavy (non-hydrogen) atoms. The van der Waals surface area contributed by atoms with Crippen LogP contribution in [0, 0.1) is 0 Å². The van der Waals surface area contributed by atoms with Gasteiger partial charge in [0.1, 0.15) is 0 Å². The van der Waals surface area contributed by atoms with Gasteiger partial charge in [0.15, 0.2) is 0 Å². The molecule has 0 atom stereocenters. The van der Waals surface area contributed by atoms with Crippen molar-refractivity contribution in [2.24, 2.45) is 0 Å². The Balaban J connectivity index is 4.12. The van der Waals surface area contributed by atoms with Gasteiger partial charge in [-0.2, -0.15) is 0 Å². The highest BCUT2D eigenvalue weighted by molar-refractivity contribution is 6.56. The van der Waals surface area contributed by atoms with Gasteiger partial charge in [-0.1, -0.05) is 23.2 Å². The smallest absolute Gasteiger partial charge is 0.323 e. The normalized spacial score (nSPS) is 10.8. The molecule has 0 saturated heterocycles. The number of nitrogens with zero attached hydrogens (tertiary/aromatic N) is 1. The molecule has 0 rings (SSSR count). The van der Waals surface area contributed by atoms with Gasteiger partial charge in [-0.25, -0.2) is 4.79 Å². The van der Waals surface area contributed by atoms with E-state index in [-0.39, 0.29) is 0 Å². The Morgan fingerprint density at radius 3 is 2.08 bits per heavy atom. The standard InChI is InChI=1S/C5H8Cl2N2O3/c1-9(2)4(11)8-3(10)5(6,7)12/h12H,1-2H3,(H,8,10,11). The van der Waals surface area contributed by atoms with Crippen LogP contribution in [0.2, 0.25) is 0 Å². The number of alkyl halides is 2. The number of amides is 3. The molecule has 0 aromatic rings. The van der Waals surface area contributed by atoms with Crippen LogP contribution >= 0.6 is 23.2 Å². The summed E-state index contributed by atoms with van der Waals surface area (Å²) in [6, 6.07) is -0.709. The zero-order chi connectivity index (χ0) is 9.94. The van der Waals surface area contributed by atoms with E-state index in [1.165, 1.54) is 14.1 Å². The fourth-order valence-corrected chi connectivity index (χ4v) is 0.379. The first-order chi connectivity index (χ1) is 5.25. The second kappa shape index (κ2) is 3.93. The van der Waals surface area contributed by atoms with Crippen molar-refractivity contribution in [3.63, 3.8) is 0 Å². The van der Waals surface area contributed by atoms with Crippen molar-refractivity contribution in [1.82, 2.24) is 10.2 Å². The van der Waals surface area contributed by atoms with E-state index < -0.39 is 16.5 Å². The predicted molar refractivity (Wildman–Crippen MR) is 43.9 cm³/mol. The van der Waals surface area contributed by atoms with Gasteiger partial charge in [0.2, 0.25) is 0 Å². The predicted octanol–water partition coefficient (Wildman–Crippen LogP) is -0.0921. The van der Waals surface area contributed by atoms with Gasteiger partial charge in [0.05, 0.1) is 0 Å². The fourth-order valence-electron chi connectivity index (χ4n) is 0.284. The molecule has 0 radical (unpaired) electrons. The molecule has 0 fully saturated rings. The van der Waals surface area contributed by atoms with Gasteiger partial charge >= 0.3 is 6.03 Å². The molecule has 0 aliphatic rings. The molecular formula is C5H8Cl2N2O3. The van der Waals surface area contributed by atoms with Gasteiger partial charge < -0.3 is 10.0 Å². The Hall–Kier alpha value is -0.520. The first kappa shape index (κ1) is 11.5. The van der Waals surface area contributed by atoms with E-state index in [0.29, 0.717) is 0 Å². The molecule has 0 unspecified atom stereocenters. The van der Waals surface area contributed by atoms with Crippen molar-refractivity contribution in [3.8, 4) is 0 Å². The zero-order valence-electron chi connectivity index (χ0n) is 6.47. The second-order valence-corrected chi connectivity index (χ2v) is 3.48. The van der Waals surface area contributed by atoms with Gasteiger partial charge in [0, 0.05) is 14.1 Å². The maximum Gasteiger partial charge on any atom is 0.323 e. The van der Waals surface area contributed by atoms with E-state index in [9.17, 15) is 9.59 Å². The van der Waals surface area contributed by atoms with Gasteiger partial charge in [-0.15, -0.1) is 0 Å². The maximum atomic E-state index is 10.8. The lowest BCUT2D eigenvalue weighted by Crippen LogP contribution is -2.45. The number of nitrogens with one attached hydrogen (secondary N) is 1. The van der Waals surface area contributed by atoms with E-state index in [0.717, 1.165) is 4.90 Å². The molecule has 70 valence electrons. The van der Waals surface area contributed by atoms with Crippen LogP contribution in [0.4, 0.5) is 4.79 Å². The lowest BCUT2D eigenvalue weighted by molar-refractivity contribution is -0.126. The van der Waals surface area contributed by atoms with Crippen LogP contribution in [-0.4, -0.2) is 40.6 Å². The summed E-state index contributed by atoms with van der Waals surface area (Å²) in [5.41, 5.74) is 0. The monoisotopic (exact) mass is 214 g/mol. The number of carbonyl (C=O) groups excluding carboxylic acids is 2. The highest BCUT2D eigenvalue weighted by atomic mass is 35.5. The van der Waals surface area contributed by atoms with Gasteiger partial charge in [-0.05, 0) is 0 Å². The summed E-state index contributed by atoms with van der Waals surface area (Å²) in [6.45, 7) is 0. The summed E-state index contributed by atoms with van der Waals surface area (Å²) < 4.78 is -2.58. The second-order valence-electron chi connectivity index (χ2n) is 2.19. The van der Waals surface area contributed by atoms with Gasteiger partial charge in [0.25, 0.3) is 10.4 Å². The number of hydrogen-bond acceptors (Lipinski definition) is 3. The van der Waals surface area contributed by atoms with E-state index in [1.54, 1.807) is 5.32 Å². The Labute approximate surface area is 79.2 Å². The first-order valence-corrected chi connectivity index (χ1v) is 3.63. The molecule has 5 nitrogen and oxygen atoms in total. The molecule has 0 heterocycles. The number of imide groups is 1. The number of rotatable bonds is 1. The number of aliphatic hydroxyl groups is 1. The topological polar surface area (TPSA) is 69.6 Å². The zero-order valence-corrected chi connectivity index (χ0v) is 7.98. The van der Waals surface area contributed by atoms with Crippen LogP contribution in [0.5, 0.6) is 0 Å². The van der Waals surface area contributed by atoms with Crippen LogP contribution in [0.15, 0.2) is 0 Å². The Morgan fingerprint density at radius 2 is 1.83 bits per heavy atom. The van der Waals surface area contributed by atoms with Crippen molar-refractivity contribution in [1.29, 1.82) is 0 Å². The van der Waals surface area contributed by atoms with Crippen molar-refractivity contribution >= 4 is 35.1 Å². The molecule has 3 amide bonds. The van der Waals surface area contributed by atoms with Crippen LogP contribution in [0.25, 0.3) is 0 Å². The SMILES string of the molecule is CN(C)C(=O)NC(=O)C(O)(Cl)Cl. The van der Waals surface area contributed by atoms with Crippen molar-refractivity contribution < 1.29 is 14.7 Å². The molecule has 0 saturated carbocycles. The lowest BCUT2D eigenvalue weighted by Gasteiger charge is -2.14.